The number of hydrogen-bond donors (Lipinski definition) is 3. The Hall–Kier alpha value is -1.59. The SMILES string of the molecule is O=C(NC1CCC(CO)CC1)NC1CCN(Cc2ccccc2)CC1. The molecule has 25 heavy (non-hydrogen) atoms. The second-order valence-electron chi connectivity index (χ2n) is 7.55. The average molecular weight is 345 g/mol. The van der Waals surface area contributed by atoms with Gasteiger partial charge in [0.05, 0.1) is 0 Å². The van der Waals surface area contributed by atoms with Crippen molar-refractivity contribution in [1.82, 2.24) is 15.5 Å². The minimum absolute atomic E-state index is 0.0195. The Bertz CT molecular complexity index is 521. The maximum Gasteiger partial charge on any atom is 0.315 e. The molecule has 3 N–H and O–H groups in total. The molecule has 0 radical (unpaired) electrons. The maximum atomic E-state index is 12.2. The first-order chi connectivity index (χ1) is 12.2. The zero-order valence-corrected chi connectivity index (χ0v) is 15.0. The summed E-state index contributed by atoms with van der Waals surface area (Å²) < 4.78 is 0. The fourth-order valence-electron chi connectivity index (χ4n) is 3.98. The van der Waals surface area contributed by atoms with Crippen molar-refractivity contribution in [2.24, 2.45) is 5.92 Å². The summed E-state index contributed by atoms with van der Waals surface area (Å²) in [6.45, 7) is 3.33. The molecule has 0 spiro atoms. The van der Waals surface area contributed by atoms with Crippen molar-refractivity contribution in [3.05, 3.63) is 35.9 Å². The van der Waals surface area contributed by atoms with E-state index in [1.165, 1.54) is 5.56 Å². The average Bonchev–Trinajstić information content (AvgIpc) is 2.65. The molecule has 2 amide bonds. The lowest BCUT2D eigenvalue weighted by Gasteiger charge is -2.33. The van der Waals surface area contributed by atoms with Crippen molar-refractivity contribution in [3.63, 3.8) is 0 Å². The van der Waals surface area contributed by atoms with Gasteiger partial charge >= 0.3 is 6.03 Å². The van der Waals surface area contributed by atoms with Gasteiger partial charge in [0.15, 0.2) is 0 Å². The van der Waals surface area contributed by atoms with E-state index >= 15 is 0 Å². The first kappa shape index (κ1) is 18.2. The van der Waals surface area contributed by atoms with Gasteiger partial charge in [-0.3, -0.25) is 4.90 Å². The zero-order valence-electron chi connectivity index (χ0n) is 15.0. The zero-order chi connectivity index (χ0) is 17.5. The van der Waals surface area contributed by atoms with Crippen LogP contribution in [0.4, 0.5) is 4.79 Å². The molecule has 1 aromatic carbocycles. The van der Waals surface area contributed by atoms with Gasteiger partial charge in [0.25, 0.3) is 0 Å². The normalized spacial score (nSPS) is 25.5. The van der Waals surface area contributed by atoms with Crippen molar-refractivity contribution in [2.45, 2.75) is 57.2 Å². The number of rotatable bonds is 5. The molecule has 1 saturated heterocycles. The molecule has 0 unspecified atom stereocenters. The number of amides is 2. The molecular weight excluding hydrogens is 314 g/mol. The third-order valence-corrected chi connectivity index (χ3v) is 5.61. The minimum atomic E-state index is -0.0195. The molecule has 2 fully saturated rings. The molecule has 3 rings (SSSR count). The minimum Gasteiger partial charge on any atom is -0.396 e. The van der Waals surface area contributed by atoms with Crippen molar-refractivity contribution in [2.75, 3.05) is 19.7 Å². The van der Waals surface area contributed by atoms with E-state index in [1.54, 1.807) is 0 Å². The first-order valence-electron chi connectivity index (χ1n) is 9.67. The molecule has 1 aliphatic carbocycles. The summed E-state index contributed by atoms with van der Waals surface area (Å²) in [5, 5.41) is 15.5. The van der Waals surface area contributed by atoms with Crippen LogP contribution in [0, 0.1) is 5.92 Å². The van der Waals surface area contributed by atoms with E-state index in [9.17, 15) is 9.90 Å². The fraction of sp³-hybridized carbons (Fsp3) is 0.650. The van der Waals surface area contributed by atoms with Crippen LogP contribution in [0.2, 0.25) is 0 Å². The topological polar surface area (TPSA) is 64.6 Å². The third kappa shape index (κ3) is 5.72. The number of nitrogens with zero attached hydrogens (tertiary/aromatic N) is 1. The summed E-state index contributed by atoms with van der Waals surface area (Å²) in [7, 11) is 0. The summed E-state index contributed by atoms with van der Waals surface area (Å²) in [4.78, 5) is 14.7. The number of carbonyl (C=O) groups excluding carboxylic acids is 1. The van der Waals surface area contributed by atoms with Crippen LogP contribution >= 0.6 is 0 Å². The fourth-order valence-corrected chi connectivity index (χ4v) is 3.98. The summed E-state index contributed by atoms with van der Waals surface area (Å²) in [6, 6.07) is 11.1. The summed E-state index contributed by atoms with van der Waals surface area (Å²) in [5.41, 5.74) is 1.35. The highest BCUT2D eigenvalue weighted by Crippen LogP contribution is 2.23. The van der Waals surface area contributed by atoms with Gasteiger partial charge in [0.1, 0.15) is 0 Å². The highest BCUT2D eigenvalue weighted by atomic mass is 16.3. The van der Waals surface area contributed by atoms with Crippen LogP contribution in [0.1, 0.15) is 44.1 Å². The van der Waals surface area contributed by atoms with Gasteiger partial charge in [-0.1, -0.05) is 30.3 Å². The lowest BCUT2D eigenvalue weighted by Crippen LogP contribution is -2.50. The summed E-state index contributed by atoms with van der Waals surface area (Å²) in [5.74, 6) is 0.426. The van der Waals surface area contributed by atoms with Crippen LogP contribution in [0.5, 0.6) is 0 Å². The summed E-state index contributed by atoms with van der Waals surface area (Å²) in [6.07, 6.45) is 6.01. The second kappa shape index (κ2) is 9.20. The Labute approximate surface area is 150 Å². The second-order valence-corrected chi connectivity index (χ2v) is 7.55. The molecule has 0 atom stereocenters. The van der Waals surface area contributed by atoms with E-state index in [0.29, 0.717) is 5.92 Å². The lowest BCUT2D eigenvalue weighted by atomic mass is 9.87. The van der Waals surface area contributed by atoms with Gasteiger partial charge in [-0.05, 0) is 50.0 Å². The monoisotopic (exact) mass is 345 g/mol. The van der Waals surface area contributed by atoms with Gasteiger partial charge in [0.2, 0.25) is 0 Å². The molecule has 0 bridgehead atoms. The van der Waals surface area contributed by atoms with E-state index < -0.39 is 0 Å². The van der Waals surface area contributed by atoms with Gasteiger partial charge < -0.3 is 15.7 Å². The van der Waals surface area contributed by atoms with E-state index in [2.05, 4.69) is 45.9 Å². The van der Waals surface area contributed by atoms with Gasteiger partial charge in [-0.2, -0.15) is 0 Å². The molecule has 1 saturated carbocycles. The summed E-state index contributed by atoms with van der Waals surface area (Å²) >= 11 is 0. The Morgan fingerprint density at radius 2 is 1.56 bits per heavy atom. The van der Waals surface area contributed by atoms with Crippen LogP contribution in [-0.4, -0.2) is 47.8 Å². The number of piperidine rings is 1. The van der Waals surface area contributed by atoms with Gasteiger partial charge in [-0.25, -0.2) is 4.79 Å². The number of aliphatic hydroxyl groups excluding tert-OH is 1. The largest absolute Gasteiger partial charge is 0.396 e. The molecule has 5 heteroatoms. The Kier molecular flexibility index (Phi) is 6.70. The molecule has 1 aliphatic heterocycles. The third-order valence-electron chi connectivity index (χ3n) is 5.61. The number of carbonyl (C=O) groups is 1. The predicted octanol–water partition coefficient (Wildman–Crippen LogP) is 2.50. The molecule has 0 aromatic heterocycles. The number of hydrogen-bond acceptors (Lipinski definition) is 3. The number of aliphatic hydroxyl groups is 1. The van der Waals surface area contributed by atoms with Crippen molar-refractivity contribution >= 4 is 6.03 Å². The van der Waals surface area contributed by atoms with Crippen LogP contribution in [0.3, 0.4) is 0 Å². The molecular formula is C20H31N3O2. The quantitative estimate of drug-likeness (QED) is 0.768. The van der Waals surface area contributed by atoms with E-state index in [0.717, 1.165) is 58.2 Å². The first-order valence-corrected chi connectivity index (χ1v) is 9.67. The standard InChI is InChI=1S/C20H31N3O2/c24-15-17-6-8-18(9-7-17)21-20(25)22-19-10-12-23(13-11-19)14-16-4-2-1-3-5-16/h1-5,17-19,24H,6-15H2,(H2,21,22,25). The van der Waals surface area contributed by atoms with Crippen LogP contribution < -0.4 is 10.6 Å². The molecule has 1 heterocycles. The Morgan fingerprint density at radius 1 is 0.960 bits per heavy atom. The highest BCUT2D eigenvalue weighted by molar-refractivity contribution is 5.74. The number of urea groups is 1. The van der Waals surface area contributed by atoms with Crippen molar-refractivity contribution in [3.8, 4) is 0 Å². The van der Waals surface area contributed by atoms with Crippen LogP contribution in [0.25, 0.3) is 0 Å². The van der Waals surface area contributed by atoms with Crippen molar-refractivity contribution in [1.29, 1.82) is 0 Å². The van der Waals surface area contributed by atoms with Crippen molar-refractivity contribution < 1.29 is 9.90 Å². The highest BCUT2D eigenvalue weighted by Gasteiger charge is 2.24. The van der Waals surface area contributed by atoms with E-state index in [-0.39, 0.29) is 24.7 Å². The van der Waals surface area contributed by atoms with Gasteiger partial charge in [0, 0.05) is 38.3 Å². The number of benzene rings is 1. The Balaban J connectivity index is 1.34. The number of likely N-dealkylation sites (tertiary alicyclic amines) is 1. The Morgan fingerprint density at radius 3 is 2.16 bits per heavy atom. The van der Waals surface area contributed by atoms with Crippen LogP contribution in [-0.2, 0) is 6.54 Å². The van der Waals surface area contributed by atoms with E-state index in [1.807, 2.05) is 0 Å². The molecule has 1 aromatic rings. The van der Waals surface area contributed by atoms with Gasteiger partial charge in [-0.15, -0.1) is 0 Å². The van der Waals surface area contributed by atoms with Crippen LogP contribution in [0.15, 0.2) is 30.3 Å². The molecule has 2 aliphatic rings. The predicted molar refractivity (Wildman–Crippen MR) is 99.2 cm³/mol. The molecule has 5 nitrogen and oxygen atoms in total. The maximum absolute atomic E-state index is 12.2. The lowest BCUT2D eigenvalue weighted by molar-refractivity contribution is 0.169. The van der Waals surface area contributed by atoms with E-state index in [4.69, 9.17) is 0 Å². The smallest absolute Gasteiger partial charge is 0.315 e. The molecule has 138 valence electrons. The number of nitrogens with one attached hydrogen (secondary N) is 2.